The standard InChI is InChI=1S/C13H18N4S.HI/c1-14-13(15-2)16-9-5-8-12-17-10-6-3-4-7-11(10)18-12;/h3-4,6-7H,5,8-9H2,1-2H3,(H2,14,15,16);1H. The van der Waals surface area contributed by atoms with Gasteiger partial charge in [0.1, 0.15) is 0 Å². The first-order valence-electron chi connectivity index (χ1n) is 6.06. The third kappa shape index (κ3) is 4.61. The molecule has 2 aromatic rings. The van der Waals surface area contributed by atoms with Crippen LogP contribution in [-0.4, -0.2) is 31.6 Å². The summed E-state index contributed by atoms with van der Waals surface area (Å²) in [6.07, 6.45) is 2.06. The highest BCUT2D eigenvalue weighted by atomic mass is 127. The topological polar surface area (TPSA) is 49.3 Å². The minimum absolute atomic E-state index is 0. The first-order chi connectivity index (χ1) is 8.83. The van der Waals surface area contributed by atoms with E-state index in [9.17, 15) is 0 Å². The number of hydrogen-bond acceptors (Lipinski definition) is 3. The Labute approximate surface area is 134 Å². The van der Waals surface area contributed by atoms with Crippen LogP contribution in [0.4, 0.5) is 0 Å². The average Bonchev–Trinajstić information content (AvgIpc) is 2.81. The van der Waals surface area contributed by atoms with Crippen molar-refractivity contribution in [2.45, 2.75) is 12.8 Å². The third-order valence-electron chi connectivity index (χ3n) is 2.66. The second-order valence-corrected chi connectivity index (χ2v) is 5.04. The lowest BCUT2D eigenvalue weighted by atomic mass is 10.3. The Bertz CT molecular complexity index is 505. The number of aromatic nitrogens is 1. The van der Waals surface area contributed by atoms with E-state index in [1.54, 1.807) is 18.4 Å². The van der Waals surface area contributed by atoms with E-state index >= 15 is 0 Å². The van der Waals surface area contributed by atoms with Crippen LogP contribution < -0.4 is 10.6 Å². The third-order valence-corrected chi connectivity index (χ3v) is 3.75. The maximum absolute atomic E-state index is 4.61. The number of thiazole rings is 1. The van der Waals surface area contributed by atoms with Gasteiger partial charge >= 0.3 is 0 Å². The lowest BCUT2D eigenvalue weighted by Gasteiger charge is -2.06. The number of benzene rings is 1. The van der Waals surface area contributed by atoms with Gasteiger partial charge in [0.25, 0.3) is 0 Å². The van der Waals surface area contributed by atoms with E-state index in [4.69, 9.17) is 0 Å². The molecule has 0 amide bonds. The van der Waals surface area contributed by atoms with Crippen LogP contribution in [0, 0.1) is 0 Å². The van der Waals surface area contributed by atoms with Crippen LogP contribution in [0.1, 0.15) is 11.4 Å². The first kappa shape index (κ1) is 16.2. The van der Waals surface area contributed by atoms with Crippen molar-refractivity contribution in [3.8, 4) is 0 Å². The van der Waals surface area contributed by atoms with Crippen molar-refractivity contribution in [1.29, 1.82) is 0 Å². The Morgan fingerprint density at radius 3 is 2.84 bits per heavy atom. The molecule has 0 saturated carbocycles. The van der Waals surface area contributed by atoms with Crippen molar-refractivity contribution >= 4 is 51.5 Å². The molecule has 104 valence electrons. The predicted molar refractivity (Wildman–Crippen MR) is 93.8 cm³/mol. The fourth-order valence-electron chi connectivity index (χ4n) is 1.75. The summed E-state index contributed by atoms with van der Waals surface area (Å²) in [7, 11) is 3.63. The van der Waals surface area contributed by atoms with Gasteiger partial charge in [-0.3, -0.25) is 4.99 Å². The summed E-state index contributed by atoms with van der Waals surface area (Å²) in [4.78, 5) is 8.68. The second kappa shape index (κ2) is 8.31. The highest BCUT2D eigenvalue weighted by molar-refractivity contribution is 14.0. The van der Waals surface area contributed by atoms with Gasteiger partial charge in [0.2, 0.25) is 0 Å². The number of nitrogens with zero attached hydrogens (tertiary/aromatic N) is 2. The number of nitrogens with one attached hydrogen (secondary N) is 2. The fourth-order valence-corrected chi connectivity index (χ4v) is 2.76. The number of fused-ring (bicyclic) bond motifs is 1. The van der Waals surface area contributed by atoms with Crippen LogP contribution >= 0.6 is 35.3 Å². The van der Waals surface area contributed by atoms with Crippen molar-refractivity contribution < 1.29 is 0 Å². The number of rotatable bonds is 4. The molecule has 2 N–H and O–H groups in total. The lowest BCUT2D eigenvalue weighted by Crippen LogP contribution is -2.35. The van der Waals surface area contributed by atoms with Crippen molar-refractivity contribution in [3.05, 3.63) is 29.3 Å². The maximum atomic E-state index is 4.61. The van der Waals surface area contributed by atoms with Gasteiger partial charge in [-0.1, -0.05) is 12.1 Å². The smallest absolute Gasteiger partial charge is 0.190 e. The van der Waals surface area contributed by atoms with E-state index in [0.717, 1.165) is 30.9 Å². The van der Waals surface area contributed by atoms with E-state index in [1.165, 1.54) is 9.71 Å². The Morgan fingerprint density at radius 1 is 1.37 bits per heavy atom. The summed E-state index contributed by atoms with van der Waals surface area (Å²) < 4.78 is 1.27. The molecule has 0 atom stereocenters. The molecule has 1 aromatic heterocycles. The molecule has 4 nitrogen and oxygen atoms in total. The molecule has 0 spiro atoms. The number of halogens is 1. The van der Waals surface area contributed by atoms with E-state index in [-0.39, 0.29) is 24.0 Å². The summed E-state index contributed by atoms with van der Waals surface area (Å²) in [6, 6.07) is 8.28. The molecule has 2 rings (SSSR count). The summed E-state index contributed by atoms with van der Waals surface area (Å²) >= 11 is 1.78. The van der Waals surface area contributed by atoms with Gasteiger partial charge in [-0.15, -0.1) is 35.3 Å². The van der Waals surface area contributed by atoms with E-state index in [2.05, 4.69) is 38.8 Å². The normalized spacial score (nSPS) is 11.2. The number of para-hydroxylation sites is 1. The molecule has 0 unspecified atom stereocenters. The van der Waals surface area contributed by atoms with Crippen molar-refractivity contribution in [2.75, 3.05) is 20.6 Å². The van der Waals surface area contributed by atoms with E-state index in [1.807, 2.05) is 13.1 Å². The number of aryl methyl sites for hydroxylation is 1. The minimum atomic E-state index is 0. The van der Waals surface area contributed by atoms with Gasteiger partial charge in [-0.25, -0.2) is 4.98 Å². The van der Waals surface area contributed by atoms with Crippen LogP contribution in [0.5, 0.6) is 0 Å². The Hall–Kier alpha value is -0.890. The van der Waals surface area contributed by atoms with Crippen LogP contribution in [-0.2, 0) is 6.42 Å². The average molecular weight is 390 g/mol. The van der Waals surface area contributed by atoms with Crippen LogP contribution in [0.15, 0.2) is 29.3 Å². The molecule has 0 radical (unpaired) electrons. The zero-order valence-corrected chi connectivity index (χ0v) is 14.3. The second-order valence-electron chi connectivity index (χ2n) is 3.93. The molecule has 0 aliphatic carbocycles. The van der Waals surface area contributed by atoms with Crippen LogP contribution in [0.2, 0.25) is 0 Å². The molecule has 0 bridgehead atoms. The molecule has 1 aromatic carbocycles. The predicted octanol–water partition coefficient (Wildman–Crippen LogP) is 2.64. The van der Waals surface area contributed by atoms with Crippen molar-refractivity contribution in [1.82, 2.24) is 15.6 Å². The quantitative estimate of drug-likeness (QED) is 0.365. The molecular formula is C13H19IN4S. The zero-order valence-electron chi connectivity index (χ0n) is 11.1. The monoisotopic (exact) mass is 390 g/mol. The fraction of sp³-hybridized carbons (Fsp3) is 0.385. The highest BCUT2D eigenvalue weighted by Crippen LogP contribution is 2.22. The molecule has 1 heterocycles. The number of guanidine groups is 1. The molecule has 6 heteroatoms. The maximum Gasteiger partial charge on any atom is 0.190 e. The SMILES string of the molecule is CN=C(NC)NCCCc1nc2ccccc2s1.I. The molecule has 19 heavy (non-hydrogen) atoms. The highest BCUT2D eigenvalue weighted by Gasteiger charge is 2.02. The lowest BCUT2D eigenvalue weighted by molar-refractivity contribution is 0.756. The van der Waals surface area contributed by atoms with Crippen molar-refractivity contribution in [3.63, 3.8) is 0 Å². The summed E-state index contributed by atoms with van der Waals surface area (Å²) in [5.74, 6) is 0.833. The van der Waals surface area contributed by atoms with Gasteiger partial charge in [0, 0.05) is 27.1 Å². The van der Waals surface area contributed by atoms with E-state index in [0.29, 0.717) is 0 Å². The zero-order chi connectivity index (χ0) is 12.8. The Balaban J connectivity index is 0.00000180. The molecule has 0 fully saturated rings. The van der Waals surface area contributed by atoms with Crippen molar-refractivity contribution in [2.24, 2.45) is 4.99 Å². The van der Waals surface area contributed by atoms with E-state index < -0.39 is 0 Å². The summed E-state index contributed by atoms with van der Waals surface area (Å²) in [5.41, 5.74) is 1.11. The largest absolute Gasteiger partial charge is 0.359 e. The number of aliphatic imine (C=N–C) groups is 1. The van der Waals surface area contributed by atoms with Gasteiger partial charge in [0.15, 0.2) is 5.96 Å². The van der Waals surface area contributed by atoms with Gasteiger partial charge in [0.05, 0.1) is 15.2 Å². The molecule has 0 aliphatic rings. The van der Waals surface area contributed by atoms with Gasteiger partial charge in [-0.2, -0.15) is 0 Å². The van der Waals surface area contributed by atoms with Crippen LogP contribution in [0.3, 0.4) is 0 Å². The van der Waals surface area contributed by atoms with Gasteiger partial charge < -0.3 is 10.6 Å². The van der Waals surface area contributed by atoms with Crippen LogP contribution in [0.25, 0.3) is 10.2 Å². The summed E-state index contributed by atoms with van der Waals surface area (Å²) in [6.45, 7) is 0.906. The summed E-state index contributed by atoms with van der Waals surface area (Å²) in [5, 5.41) is 7.44. The first-order valence-corrected chi connectivity index (χ1v) is 6.88. The Kier molecular flexibility index (Phi) is 7.07. The minimum Gasteiger partial charge on any atom is -0.359 e. The van der Waals surface area contributed by atoms with Gasteiger partial charge in [-0.05, 0) is 18.6 Å². The molecule has 0 aliphatic heterocycles. The number of hydrogen-bond donors (Lipinski definition) is 2. The molecule has 0 saturated heterocycles. The Morgan fingerprint density at radius 2 is 2.16 bits per heavy atom. The molecular weight excluding hydrogens is 371 g/mol.